The zero-order valence-electron chi connectivity index (χ0n) is 13.2. The molecule has 1 atom stereocenters. The van der Waals surface area contributed by atoms with Gasteiger partial charge in [-0.2, -0.15) is 0 Å². The Bertz CT molecular complexity index is 636. The lowest BCUT2D eigenvalue weighted by Crippen LogP contribution is -2.48. The number of rotatable bonds is 5. The fraction of sp³-hybridized carbons (Fsp3) is 0.533. The van der Waals surface area contributed by atoms with E-state index in [9.17, 15) is 13.2 Å². The lowest BCUT2D eigenvalue weighted by atomic mass is 10.0. The van der Waals surface area contributed by atoms with Crippen molar-refractivity contribution in [1.29, 1.82) is 0 Å². The maximum absolute atomic E-state index is 12.6. The highest BCUT2D eigenvalue weighted by molar-refractivity contribution is 7.93. The van der Waals surface area contributed by atoms with Crippen LogP contribution in [0.1, 0.15) is 39.7 Å². The van der Waals surface area contributed by atoms with Gasteiger partial charge < -0.3 is 11.1 Å². The van der Waals surface area contributed by atoms with Crippen molar-refractivity contribution in [3.05, 3.63) is 23.8 Å². The monoisotopic (exact) mass is 312 g/mol. The number of anilines is 1. The van der Waals surface area contributed by atoms with Gasteiger partial charge in [0.2, 0.25) is 5.91 Å². The Morgan fingerprint density at radius 3 is 2.48 bits per heavy atom. The molecular formula is C15H24N2O3S. The zero-order chi connectivity index (χ0) is 16.4. The van der Waals surface area contributed by atoms with Crippen LogP contribution in [0.3, 0.4) is 0 Å². The Morgan fingerprint density at radius 1 is 1.38 bits per heavy atom. The predicted molar refractivity (Wildman–Crippen MR) is 84.8 cm³/mol. The number of nitrogens with two attached hydrogens (primary N) is 1. The number of amides is 1. The first-order chi connectivity index (χ1) is 9.51. The molecule has 1 amide bonds. The number of hydrogen-bond acceptors (Lipinski definition) is 4. The summed E-state index contributed by atoms with van der Waals surface area (Å²) in [5.74, 6) is -0.511. The van der Waals surface area contributed by atoms with Gasteiger partial charge >= 0.3 is 0 Å². The first kappa shape index (κ1) is 17.5. The number of benzene rings is 1. The van der Waals surface area contributed by atoms with E-state index < -0.39 is 26.5 Å². The van der Waals surface area contributed by atoms with E-state index in [1.54, 1.807) is 19.1 Å². The van der Waals surface area contributed by atoms with Crippen LogP contribution in [0, 0.1) is 6.92 Å². The molecule has 5 nitrogen and oxygen atoms in total. The van der Waals surface area contributed by atoms with Crippen molar-refractivity contribution < 1.29 is 13.2 Å². The van der Waals surface area contributed by atoms with Crippen LogP contribution in [0.25, 0.3) is 0 Å². The van der Waals surface area contributed by atoms with E-state index in [0.717, 1.165) is 5.56 Å². The standard InChI is InChI=1S/C15H24N2O3S/c1-6-15(4,5)17-14(18)11(3)21(19,20)13-9-10(2)7-8-12(13)16/h7-9,11H,6,16H2,1-5H3,(H,17,18). The Balaban J connectivity index is 3.13. The first-order valence-electron chi connectivity index (χ1n) is 6.93. The van der Waals surface area contributed by atoms with Crippen molar-refractivity contribution in [2.45, 2.75) is 56.7 Å². The summed E-state index contributed by atoms with van der Waals surface area (Å²) in [4.78, 5) is 12.2. The third kappa shape index (κ3) is 3.97. The van der Waals surface area contributed by atoms with Crippen LogP contribution in [0.15, 0.2) is 23.1 Å². The summed E-state index contributed by atoms with van der Waals surface area (Å²) in [5.41, 5.74) is 6.25. The minimum absolute atomic E-state index is 0.0134. The van der Waals surface area contributed by atoms with E-state index in [-0.39, 0.29) is 10.6 Å². The molecule has 1 rings (SSSR count). The lowest BCUT2D eigenvalue weighted by molar-refractivity contribution is -0.122. The highest BCUT2D eigenvalue weighted by Gasteiger charge is 2.33. The van der Waals surface area contributed by atoms with Gasteiger partial charge in [0.15, 0.2) is 9.84 Å². The van der Waals surface area contributed by atoms with Gasteiger partial charge in [-0.3, -0.25) is 4.79 Å². The maximum atomic E-state index is 12.6. The normalized spacial score (nSPS) is 13.8. The van der Waals surface area contributed by atoms with Gasteiger partial charge in [0.25, 0.3) is 0 Å². The Hall–Kier alpha value is -1.56. The largest absolute Gasteiger partial charge is 0.398 e. The third-order valence-corrected chi connectivity index (χ3v) is 5.77. The molecule has 0 aliphatic rings. The minimum Gasteiger partial charge on any atom is -0.398 e. The van der Waals surface area contributed by atoms with Crippen LogP contribution >= 0.6 is 0 Å². The second kappa shape index (κ2) is 6.05. The average Bonchev–Trinajstić information content (AvgIpc) is 2.39. The topological polar surface area (TPSA) is 89.3 Å². The highest BCUT2D eigenvalue weighted by Crippen LogP contribution is 2.24. The summed E-state index contributed by atoms with van der Waals surface area (Å²) in [6.45, 7) is 8.80. The van der Waals surface area contributed by atoms with Crippen molar-refractivity contribution in [3.8, 4) is 0 Å². The maximum Gasteiger partial charge on any atom is 0.238 e. The molecule has 0 radical (unpaired) electrons. The van der Waals surface area contributed by atoms with Crippen LogP contribution in [0.2, 0.25) is 0 Å². The van der Waals surface area contributed by atoms with E-state index in [1.165, 1.54) is 13.0 Å². The number of carbonyl (C=O) groups is 1. The van der Waals surface area contributed by atoms with Crippen molar-refractivity contribution in [2.24, 2.45) is 0 Å². The summed E-state index contributed by atoms with van der Waals surface area (Å²) in [6, 6.07) is 4.78. The number of carbonyl (C=O) groups excluding carboxylic acids is 1. The van der Waals surface area contributed by atoms with Gasteiger partial charge in [-0.05, 0) is 51.8 Å². The van der Waals surface area contributed by atoms with Crippen LogP contribution in [0.4, 0.5) is 5.69 Å². The molecule has 0 aliphatic heterocycles. The Labute approximate surface area is 126 Å². The molecule has 0 aliphatic carbocycles. The van der Waals surface area contributed by atoms with Gasteiger partial charge in [0.05, 0.1) is 10.6 Å². The van der Waals surface area contributed by atoms with Gasteiger partial charge in [0, 0.05) is 5.54 Å². The predicted octanol–water partition coefficient (Wildman–Crippen LogP) is 2.04. The molecule has 0 spiro atoms. The molecule has 1 aromatic rings. The SMILES string of the molecule is CCC(C)(C)NC(=O)C(C)S(=O)(=O)c1cc(C)ccc1N. The van der Waals surface area contributed by atoms with Gasteiger partial charge in [-0.15, -0.1) is 0 Å². The van der Waals surface area contributed by atoms with Crippen molar-refractivity contribution in [1.82, 2.24) is 5.32 Å². The fourth-order valence-corrected chi connectivity index (χ4v) is 3.21. The Kier molecular flexibility index (Phi) is 5.04. The van der Waals surface area contributed by atoms with Gasteiger partial charge in [0.1, 0.15) is 5.25 Å². The minimum atomic E-state index is -3.81. The molecule has 1 unspecified atom stereocenters. The van der Waals surface area contributed by atoms with E-state index in [2.05, 4.69) is 5.32 Å². The summed E-state index contributed by atoms with van der Waals surface area (Å²) in [7, 11) is -3.81. The molecule has 0 bridgehead atoms. The van der Waals surface area contributed by atoms with Crippen LogP contribution < -0.4 is 11.1 Å². The van der Waals surface area contributed by atoms with Crippen molar-refractivity contribution in [3.63, 3.8) is 0 Å². The molecule has 0 fully saturated rings. The number of nitrogens with one attached hydrogen (secondary N) is 1. The number of nitrogen functional groups attached to an aromatic ring is 1. The van der Waals surface area contributed by atoms with Gasteiger partial charge in [-0.1, -0.05) is 13.0 Å². The molecule has 21 heavy (non-hydrogen) atoms. The molecule has 0 saturated heterocycles. The summed E-state index contributed by atoms with van der Waals surface area (Å²) in [6.07, 6.45) is 0.706. The molecule has 118 valence electrons. The molecule has 0 heterocycles. The van der Waals surface area contributed by atoms with Gasteiger partial charge in [-0.25, -0.2) is 8.42 Å². The smallest absolute Gasteiger partial charge is 0.238 e. The molecule has 1 aromatic carbocycles. The summed E-state index contributed by atoms with van der Waals surface area (Å²) in [5, 5.41) is 1.57. The lowest BCUT2D eigenvalue weighted by Gasteiger charge is -2.26. The van der Waals surface area contributed by atoms with Crippen LogP contribution in [-0.4, -0.2) is 25.1 Å². The molecular weight excluding hydrogens is 288 g/mol. The molecule has 0 aromatic heterocycles. The highest BCUT2D eigenvalue weighted by atomic mass is 32.2. The zero-order valence-corrected chi connectivity index (χ0v) is 14.0. The molecule has 3 N–H and O–H groups in total. The number of hydrogen-bond donors (Lipinski definition) is 2. The van der Waals surface area contributed by atoms with E-state index in [4.69, 9.17) is 5.73 Å². The van der Waals surface area contributed by atoms with E-state index in [1.807, 2.05) is 20.8 Å². The van der Waals surface area contributed by atoms with Crippen molar-refractivity contribution in [2.75, 3.05) is 5.73 Å². The average molecular weight is 312 g/mol. The second-order valence-electron chi connectivity index (χ2n) is 5.96. The number of sulfone groups is 1. The third-order valence-electron chi connectivity index (χ3n) is 3.66. The van der Waals surface area contributed by atoms with Crippen LogP contribution in [-0.2, 0) is 14.6 Å². The molecule has 0 saturated carbocycles. The Morgan fingerprint density at radius 2 is 1.95 bits per heavy atom. The second-order valence-corrected chi connectivity index (χ2v) is 8.19. The van der Waals surface area contributed by atoms with E-state index in [0.29, 0.717) is 6.42 Å². The summed E-state index contributed by atoms with van der Waals surface area (Å²) >= 11 is 0. The van der Waals surface area contributed by atoms with E-state index >= 15 is 0 Å². The summed E-state index contributed by atoms with van der Waals surface area (Å²) < 4.78 is 25.2. The fourth-order valence-electron chi connectivity index (χ4n) is 1.74. The number of aryl methyl sites for hydroxylation is 1. The van der Waals surface area contributed by atoms with Crippen LogP contribution in [0.5, 0.6) is 0 Å². The quantitative estimate of drug-likeness (QED) is 0.814. The molecule has 6 heteroatoms. The first-order valence-corrected chi connectivity index (χ1v) is 8.48. The van der Waals surface area contributed by atoms with Crippen molar-refractivity contribution >= 4 is 21.4 Å².